The van der Waals surface area contributed by atoms with E-state index < -0.39 is 0 Å². The monoisotopic (exact) mass is 299 g/mol. The van der Waals surface area contributed by atoms with Gasteiger partial charge in [-0.1, -0.05) is 0 Å². The molecule has 3 N–H and O–H groups in total. The van der Waals surface area contributed by atoms with Crippen LogP contribution in [-0.2, 0) is 0 Å². The third-order valence-electron chi connectivity index (χ3n) is 3.78. The summed E-state index contributed by atoms with van der Waals surface area (Å²) in [6, 6.07) is 1.51. The lowest BCUT2D eigenvalue weighted by molar-refractivity contribution is 0.0582. The number of aromatic nitrogens is 1. The van der Waals surface area contributed by atoms with E-state index in [1.165, 1.54) is 12.3 Å². The fraction of sp³-hybridized carbons (Fsp3) is 0.571. The lowest BCUT2D eigenvalue weighted by Crippen LogP contribution is -2.51. The minimum Gasteiger partial charge on any atom is -0.334 e. The average Bonchev–Trinajstić information content (AvgIpc) is 2.38. The standard InChI is InChI=1S/C14H21N3O2.ClH/c1-9-7-13(18)16-8-11(9)14(19)17-6-4-3-5-12(17)10(2)15;/h7-8,10,12H,3-6,15H2,1-2H3,(H,16,18);1H. The Morgan fingerprint density at radius 3 is 2.80 bits per heavy atom. The number of piperidine rings is 1. The van der Waals surface area contributed by atoms with Crippen LogP contribution in [0.25, 0.3) is 0 Å². The Morgan fingerprint density at radius 1 is 1.50 bits per heavy atom. The summed E-state index contributed by atoms with van der Waals surface area (Å²) in [5.41, 5.74) is 7.07. The molecule has 1 aliphatic rings. The fourth-order valence-electron chi connectivity index (χ4n) is 2.71. The molecule has 2 unspecified atom stereocenters. The van der Waals surface area contributed by atoms with Gasteiger partial charge in [-0.3, -0.25) is 9.59 Å². The number of pyridine rings is 1. The summed E-state index contributed by atoms with van der Waals surface area (Å²) in [4.78, 5) is 28.2. The summed E-state index contributed by atoms with van der Waals surface area (Å²) in [6.07, 6.45) is 4.58. The lowest BCUT2D eigenvalue weighted by atomic mass is 9.95. The van der Waals surface area contributed by atoms with Crippen LogP contribution in [0.15, 0.2) is 17.1 Å². The average molecular weight is 300 g/mol. The van der Waals surface area contributed by atoms with E-state index in [2.05, 4.69) is 4.98 Å². The number of rotatable bonds is 2. The Morgan fingerprint density at radius 2 is 2.20 bits per heavy atom. The number of amides is 1. The molecule has 0 saturated carbocycles. The van der Waals surface area contributed by atoms with E-state index in [0.29, 0.717) is 11.1 Å². The van der Waals surface area contributed by atoms with Crippen molar-refractivity contribution >= 4 is 18.3 Å². The molecule has 6 heteroatoms. The highest BCUT2D eigenvalue weighted by Gasteiger charge is 2.30. The van der Waals surface area contributed by atoms with E-state index in [4.69, 9.17) is 5.73 Å². The van der Waals surface area contributed by atoms with Crippen molar-refractivity contribution in [1.82, 2.24) is 9.88 Å². The molecule has 1 fully saturated rings. The van der Waals surface area contributed by atoms with Gasteiger partial charge in [-0.15, -0.1) is 12.4 Å². The molecule has 2 atom stereocenters. The number of carbonyl (C=O) groups excluding carboxylic acids is 1. The number of hydrogen-bond acceptors (Lipinski definition) is 3. The number of likely N-dealkylation sites (tertiary alicyclic amines) is 1. The zero-order valence-electron chi connectivity index (χ0n) is 11.9. The Labute approximate surface area is 125 Å². The molecule has 1 saturated heterocycles. The predicted octanol–water partition coefficient (Wildman–Crippen LogP) is 1.45. The number of halogens is 1. The van der Waals surface area contributed by atoms with Gasteiger partial charge in [0.25, 0.3) is 5.91 Å². The van der Waals surface area contributed by atoms with Gasteiger partial charge in [-0.25, -0.2) is 0 Å². The highest BCUT2D eigenvalue weighted by atomic mass is 35.5. The first-order chi connectivity index (χ1) is 9.00. The lowest BCUT2D eigenvalue weighted by Gasteiger charge is -2.38. The molecule has 0 bridgehead atoms. The molecule has 1 amide bonds. The molecule has 0 aliphatic carbocycles. The normalized spacial score (nSPS) is 20.1. The van der Waals surface area contributed by atoms with E-state index in [1.807, 2.05) is 11.8 Å². The van der Waals surface area contributed by atoms with Crippen LogP contribution >= 0.6 is 12.4 Å². The van der Waals surface area contributed by atoms with Crippen molar-refractivity contribution in [2.24, 2.45) is 5.73 Å². The molecular formula is C14H22ClN3O2. The first kappa shape index (κ1) is 16.7. The summed E-state index contributed by atoms with van der Waals surface area (Å²) in [6.45, 7) is 4.47. The molecule has 20 heavy (non-hydrogen) atoms. The van der Waals surface area contributed by atoms with Crippen LogP contribution in [0.2, 0.25) is 0 Å². The van der Waals surface area contributed by atoms with Crippen molar-refractivity contribution in [1.29, 1.82) is 0 Å². The molecule has 0 spiro atoms. The number of nitrogens with one attached hydrogen (secondary N) is 1. The second kappa shape index (κ2) is 6.90. The summed E-state index contributed by atoms with van der Waals surface area (Å²) in [5.74, 6) is -0.0317. The maximum Gasteiger partial charge on any atom is 0.255 e. The number of H-pyrrole nitrogens is 1. The van der Waals surface area contributed by atoms with E-state index in [-0.39, 0.29) is 36.0 Å². The van der Waals surface area contributed by atoms with Gasteiger partial charge in [-0.2, -0.15) is 0 Å². The molecule has 1 aromatic rings. The van der Waals surface area contributed by atoms with Crippen LogP contribution < -0.4 is 11.3 Å². The van der Waals surface area contributed by atoms with E-state index in [0.717, 1.165) is 25.8 Å². The SMILES string of the molecule is Cc1cc(=O)[nH]cc1C(=O)N1CCCCC1C(C)N.Cl. The van der Waals surface area contributed by atoms with Crippen LogP contribution in [0.1, 0.15) is 42.1 Å². The van der Waals surface area contributed by atoms with Crippen LogP contribution in [0.5, 0.6) is 0 Å². The van der Waals surface area contributed by atoms with Crippen molar-refractivity contribution in [3.8, 4) is 0 Å². The van der Waals surface area contributed by atoms with Crippen molar-refractivity contribution < 1.29 is 4.79 Å². The minimum absolute atomic E-state index is 0. The predicted molar refractivity (Wildman–Crippen MR) is 81.4 cm³/mol. The first-order valence-corrected chi connectivity index (χ1v) is 6.76. The molecule has 0 radical (unpaired) electrons. The second-order valence-electron chi connectivity index (χ2n) is 5.31. The number of aromatic amines is 1. The maximum atomic E-state index is 12.6. The molecule has 0 aromatic carbocycles. The first-order valence-electron chi connectivity index (χ1n) is 6.76. The van der Waals surface area contributed by atoms with Crippen molar-refractivity contribution in [2.45, 2.75) is 45.2 Å². The molecular weight excluding hydrogens is 278 g/mol. The van der Waals surface area contributed by atoms with Crippen LogP contribution in [-0.4, -0.2) is 34.4 Å². The number of aryl methyl sites for hydroxylation is 1. The van der Waals surface area contributed by atoms with Crippen LogP contribution in [0.4, 0.5) is 0 Å². The Balaban J connectivity index is 0.00000200. The molecule has 2 heterocycles. The largest absolute Gasteiger partial charge is 0.334 e. The number of nitrogens with zero attached hydrogens (tertiary/aromatic N) is 1. The third-order valence-corrected chi connectivity index (χ3v) is 3.78. The third kappa shape index (κ3) is 3.41. The molecule has 112 valence electrons. The van der Waals surface area contributed by atoms with Crippen LogP contribution in [0.3, 0.4) is 0 Å². The summed E-state index contributed by atoms with van der Waals surface area (Å²) in [5, 5.41) is 0. The smallest absolute Gasteiger partial charge is 0.255 e. The Kier molecular flexibility index (Phi) is 5.77. The summed E-state index contributed by atoms with van der Waals surface area (Å²) >= 11 is 0. The van der Waals surface area contributed by atoms with Crippen molar-refractivity contribution in [3.63, 3.8) is 0 Å². The van der Waals surface area contributed by atoms with Gasteiger partial charge in [0.15, 0.2) is 0 Å². The zero-order valence-corrected chi connectivity index (χ0v) is 12.7. The van der Waals surface area contributed by atoms with Gasteiger partial charge in [0.05, 0.1) is 5.56 Å². The fourth-order valence-corrected chi connectivity index (χ4v) is 2.71. The number of nitrogens with two attached hydrogens (primary N) is 1. The van der Waals surface area contributed by atoms with Gasteiger partial charge in [0.2, 0.25) is 5.56 Å². The van der Waals surface area contributed by atoms with Gasteiger partial charge >= 0.3 is 0 Å². The molecule has 5 nitrogen and oxygen atoms in total. The quantitative estimate of drug-likeness (QED) is 0.867. The Bertz CT molecular complexity index is 527. The number of hydrogen-bond donors (Lipinski definition) is 2. The van der Waals surface area contributed by atoms with Crippen molar-refractivity contribution in [3.05, 3.63) is 33.7 Å². The number of carbonyl (C=O) groups is 1. The minimum atomic E-state index is -0.184. The molecule has 2 rings (SSSR count). The topological polar surface area (TPSA) is 79.2 Å². The maximum absolute atomic E-state index is 12.6. The summed E-state index contributed by atoms with van der Waals surface area (Å²) < 4.78 is 0. The summed E-state index contributed by atoms with van der Waals surface area (Å²) in [7, 11) is 0. The van der Waals surface area contributed by atoms with E-state index in [1.54, 1.807) is 6.92 Å². The highest BCUT2D eigenvalue weighted by molar-refractivity contribution is 5.95. The highest BCUT2D eigenvalue weighted by Crippen LogP contribution is 2.21. The van der Waals surface area contributed by atoms with Gasteiger partial charge in [0.1, 0.15) is 0 Å². The molecule has 1 aromatic heterocycles. The van der Waals surface area contributed by atoms with E-state index in [9.17, 15) is 9.59 Å². The van der Waals surface area contributed by atoms with Gasteiger partial charge in [0, 0.05) is 30.9 Å². The van der Waals surface area contributed by atoms with Gasteiger partial charge < -0.3 is 15.6 Å². The second-order valence-corrected chi connectivity index (χ2v) is 5.31. The molecule has 1 aliphatic heterocycles. The van der Waals surface area contributed by atoms with E-state index >= 15 is 0 Å². The zero-order chi connectivity index (χ0) is 14.0. The Hall–Kier alpha value is -1.33. The van der Waals surface area contributed by atoms with Crippen molar-refractivity contribution in [2.75, 3.05) is 6.54 Å². The van der Waals surface area contributed by atoms with Gasteiger partial charge in [-0.05, 0) is 38.7 Å². The van der Waals surface area contributed by atoms with Crippen LogP contribution in [0, 0.1) is 6.92 Å².